The summed E-state index contributed by atoms with van der Waals surface area (Å²) in [5, 5.41) is 2.80. The largest absolute Gasteiger partial charge is 0.496 e. The van der Waals surface area contributed by atoms with Crippen molar-refractivity contribution in [3.05, 3.63) is 89.2 Å². The third-order valence-electron chi connectivity index (χ3n) is 4.47. The lowest BCUT2D eigenvalue weighted by molar-refractivity contribution is 0.0950. The Morgan fingerprint density at radius 1 is 1.03 bits per heavy atom. The highest BCUT2D eigenvalue weighted by atomic mass is 32.2. The number of benzene rings is 3. The summed E-state index contributed by atoms with van der Waals surface area (Å²) >= 11 is 0. The zero-order valence-corrected chi connectivity index (χ0v) is 17.3. The molecule has 0 atom stereocenters. The highest BCUT2D eigenvalue weighted by Gasteiger charge is 2.16. The zero-order valence-electron chi connectivity index (χ0n) is 16.5. The van der Waals surface area contributed by atoms with Crippen molar-refractivity contribution in [1.29, 1.82) is 0 Å². The molecule has 0 spiro atoms. The first-order valence-electron chi connectivity index (χ1n) is 9.09. The van der Waals surface area contributed by atoms with E-state index in [0.29, 0.717) is 23.5 Å². The minimum Gasteiger partial charge on any atom is -0.496 e. The smallest absolute Gasteiger partial charge is 0.261 e. The number of ether oxygens (including phenoxy) is 1. The Bertz CT molecular complexity index is 1160. The number of hydrogen-bond acceptors (Lipinski definition) is 4. The van der Waals surface area contributed by atoms with E-state index in [2.05, 4.69) is 10.0 Å². The molecule has 0 aromatic heterocycles. The van der Waals surface area contributed by atoms with E-state index in [1.165, 1.54) is 43.3 Å². The van der Waals surface area contributed by atoms with Crippen molar-refractivity contribution in [3.63, 3.8) is 0 Å². The van der Waals surface area contributed by atoms with Crippen LogP contribution in [0.4, 0.5) is 10.1 Å². The molecule has 156 valence electrons. The van der Waals surface area contributed by atoms with Gasteiger partial charge in [-0.2, -0.15) is 0 Å². The number of anilines is 1. The average Bonchev–Trinajstić information content (AvgIpc) is 2.74. The SMILES string of the molecule is COc1ccccc1CNC(=O)c1ccc(NS(=O)(=O)c2ccc(F)c(C)c2)cc1. The molecule has 0 radical (unpaired) electrons. The number of nitrogens with one attached hydrogen (secondary N) is 2. The third-order valence-corrected chi connectivity index (χ3v) is 5.85. The molecule has 0 saturated carbocycles. The van der Waals surface area contributed by atoms with Crippen LogP contribution in [0.15, 0.2) is 71.6 Å². The summed E-state index contributed by atoms with van der Waals surface area (Å²) < 4.78 is 46.0. The lowest BCUT2D eigenvalue weighted by atomic mass is 10.1. The standard InChI is InChI=1S/C22H21FN2O4S/c1-15-13-19(11-12-20(15)23)30(27,28)25-18-9-7-16(8-10-18)22(26)24-14-17-5-3-4-6-21(17)29-2/h3-13,25H,14H2,1-2H3,(H,24,26). The van der Waals surface area contributed by atoms with Gasteiger partial charge in [0.2, 0.25) is 0 Å². The minimum atomic E-state index is -3.87. The van der Waals surface area contributed by atoms with Crippen LogP contribution in [0.3, 0.4) is 0 Å². The van der Waals surface area contributed by atoms with Crippen molar-refractivity contribution in [2.75, 3.05) is 11.8 Å². The third kappa shape index (κ3) is 4.96. The van der Waals surface area contributed by atoms with Gasteiger partial charge < -0.3 is 10.1 Å². The van der Waals surface area contributed by atoms with Crippen LogP contribution in [0, 0.1) is 12.7 Å². The zero-order chi connectivity index (χ0) is 21.7. The Hall–Kier alpha value is -3.39. The number of aryl methyl sites for hydroxylation is 1. The van der Waals surface area contributed by atoms with Gasteiger partial charge in [-0.15, -0.1) is 0 Å². The van der Waals surface area contributed by atoms with Gasteiger partial charge in [-0.25, -0.2) is 12.8 Å². The number of amides is 1. The van der Waals surface area contributed by atoms with E-state index in [-0.39, 0.29) is 16.4 Å². The van der Waals surface area contributed by atoms with Gasteiger partial charge in [0.25, 0.3) is 15.9 Å². The quantitative estimate of drug-likeness (QED) is 0.598. The van der Waals surface area contributed by atoms with Gasteiger partial charge in [-0.1, -0.05) is 18.2 Å². The molecule has 6 nitrogen and oxygen atoms in total. The second kappa shape index (κ2) is 8.96. The summed E-state index contributed by atoms with van der Waals surface area (Å²) in [7, 11) is -2.31. The van der Waals surface area contributed by atoms with Crippen molar-refractivity contribution in [2.24, 2.45) is 0 Å². The van der Waals surface area contributed by atoms with Crippen molar-refractivity contribution >= 4 is 21.6 Å². The van der Waals surface area contributed by atoms with Gasteiger partial charge in [0, 0.05) is 23.4 Å². The number of carbonyl (C=O) groups is 1. The van der Waals surface area contributed by atoms with Gasteiger partial charge in [-0.05, 0) is 61.0 Å². The summed E-state index contributed by atoms with van der Waals surface area (Å²) in [6.45, 7) is 1.79. The van der Waals surface area contributed by atoms with Crippen LogP contribution in [0.2, 0.25) is 0 Å². The molecular formula is C22H21FN2O4S. The molecule has 0 bridgehead atoms. The molecule has 0 saturated heterocycles. The number of para-hydroxylation sites is 1. The van der Waals surface area contributed by atoms with Crippen molar-refractivity contribution in [3.8, 4) is 5.75 Å². The van der Waals surface area contributed by atoms with Crippen LogP contribution in [0.25, 0.3) is 0 Å². The Morgan fingerprint density at radius 3 is 2.40 bits per heavy atom. The van der Waals surface area contributed by atoms with E-state index < -0.39 is 15.8 Å². The molecule has 0 aliphatic carbocycles. The fourth-order valence-electron chi connectivity index (χ4n) is 2.81. The number of carbonyl (C=O) groups excluding carboxylic acids is 1. The number of halogens is 1. The monoisotopic (exact) mass is 428 g/mol. The van der Waals surface area contributed by atoms with E-state index >= 15 is 0 Å². The minimum absolute atomic E-state index is 0.0416. The summed E-state index contributed by atoms with van der Waals surface area (Å²) in [5.74, 6) is -0.0968. The first-order chi connectivity index (χ1) is 14.3. The number of hydrogen-bond donors (Lipinski definition) is 2. The highest BCUT2D eigenvalue weighted by molar-refractivity contribution is 7.92. The van der Waals surface area contributed by atoms with Crippen LogP contribution in [-0.2, 0) is 16.6 Å². The Labute approximate surface area is 174 Å². The predicted octanol–water partition coefficient (Wildman–Crippen LogP) is 3.87. The Kier molecular flexibility index (Phi) is 6.37. The molecular weight excluding hydrogens is 407 g/mol. The number of sulfonamides is 1. The fourth-order valence-corrected chi connectivity index (χ4v) is 3.96. The first kappa shape index (κ1) is 21.3. The second-order valence-electron chi connectivity index (χ2n) is 6.59. The van der Waals surface area contributed by atoms with Crippen molar-refractivity contribution in [1.82, 2.24) is 5.32 Å². The Morgan fingerprint density at radius 2 is 1.73 bits per heavy atom. The van der Waals surface area contributed by atoms with Gasteiger partial charge in [0.15, 0.2) is 0 Å². The van der Waals surface area contributed by atoms with Crippen LogP contribution in [0.5, 0.6) is 5.75 Å². The fraction of sp³-hybridized carbons (Fsp3) is 0.136. The van der Waals surface area contributed by atoms with E-state index in [4.69, 9.17) is 4.74 Å². The summed E-state index contributed by atoms with van der Waals surface area (Å²) in [6.07, 6.45) is 0. The molecule has 0 aliphatic rings. The molecule has 2 N–H and O–H groups in total. The molecule has 3 rings (SSSR count). The Balaban J connectivity index is 1.66. The van der Waals surface area contributed by atoms with Gasteiger partial charge in [-0.3, -0.25) is 9.52 Å². The molecule has 3 aromatic rings. The average molecular weight is 428 g/mol. The van der Waals surface area contributed by atoms with E-state index in [0.717, 1.165) is 11.6 Å². The predicted molar refractivity (Wildman–Crippen MR) is 113 cm³/mol. The summed E-state index contributed by atoms with van der Waals surface area (Å²) in [6, 6.07) is 17.0. The normalized spacial score (nSPS) is 11.0. The van der Waals surface area contributed by atoms with E-state index in [1.807, 2.05) is 24.3 Å². The summed E-state index contributed by atoms with van der Waals surface area (Å²) in [4.78, 5) is 12.3. The van der Waals surface area contributed by atoms with Gasteiger partial charge >= 0.3 is 0 Å². The number of methoxy groups -OCH3 is 1. The maximum Gasteiger partial charge on any atom is 0.261 e. The lowest BCUT2D eigenvalue weighted by Gasteiger charge is -2.11. The highest BCUT2D eigenvalue weighted by Crippen LogP contribution is 2.20. The van der Waals surface area contributed by atoms with E-state index in [1.54, 1.807) is 7.11 Å². The number of rotatable bonds is 7. The van der Waals surface area contributed by atoms with E-state index in [9.17, 15) is 17.6 Å². The topological polar surface area (TPSA) is 84.5 Å². The summed E-state index contributed by atoms with van der Waals surface area (Å²) in [5.41, 5.74) is 1.75. The molecule has 8 heteroatoms. The second-order valence-corrected chi connectivity index (χ2v) is 8.27. The molecule has 1 amide bonds. The molecule has 0 aliphatic heterocycles. The molecule has 0 heterocycles. The van der Waals surface area contributed by atoms with Crippen LogP contribution < -0.4 is 14.8 Å². The van der Waals surface area contributed by atoms with Crippen LogP contribution >= 0.6 is 0 Å². The maximum atomic E-state index is 13.4. The lowest BCUT2D eigenvalue weighted by Crippen LogP contribution is -2.23. The van der Waals surface area contributed by atoms with Gasteiger partial charge in [0.05, 0.1) is 12.0 Å². The van der Waals surface area contributed by atoms with Crippen LogP contribution in [-0.4, -0.2) is 21.4 Å². The van der Waals surface area contributed by atoms with Crippen LogP contribution in [0.1, 0.15) is 21.5 Å². The first-order valence-corrected chi connectivity index (χ1v) is 10.6. The molecule has 0 fully saturated rings. The van der Waals surface area contributed by atoms with Gasteiger partial charge in [0.1, 0.15) is 11.6 Å². The maximum absolute atomic E-state index is 13.4. The molecule has 0 unspecified atom stereocenters. The van der Waals surface area contributed by atoms with Crippen molar-refractivity contribution in [2.45, 2.75) is 18.4 Å². The molecule has 3 aromatic carbocycles. The van der Waals surface area contributed by atoms with Crippen molar-refractivity contribution < 1.29 is 22.3 Å². The molecule has 30 heavy (non-hydrogen) atoms.